The van der Waals surface area contributed by atoms with Gasteiger partial charge in [-0.3, -0.25) is 19.9 Å². The van der Waals surface area contributed by atoms with Crippen molar-refractivity contribution in [1.29, 1.82) is 0 Å². The van der Waals surface area contributed by atoms with Gasteiger partial charge in [-0.15, -0.1) is 0 Å². The molecule has 0 bridgehead atoms. The predicted octanol–water partition coefficient (Wildman–Crippen LogP) is 1.25. The van der Waals surface area contributed by atoms with Crippen LogP contribution in [0.2, 0.25) is 0 Å². The maximum atomic E-state index is 12.6. The van der Waals surface area contributed by atoms with Crippen molar-refractivity contribution in [2.45, 2.75) is 32.2 Å². The Bertz CT molecular complexity index is 532. The van der Waals surface area contributed by atoms with Gasteiger partial charge in [0.2, 0.25) is 0 Å². The van der Waals surface area contributed by atoms with Gasteiger partial charge in [0.15, 0.2) is 0 Å². The van der Waals surface area contributed by atoms with E-state index < -0.39 is 4.92 Å². The first-order valence-electron chi connectivity index (χ1n) is 6.66. The Morgan fingerprint density at radius 1 is 1.60 bits per heavy atom. The molecule has 0 saturated carbocycles. The second kappa shape index (κ2) is 5.96. The SMILES string of the molecule is Cc1ncc([N+](=O)[O-])cc1C(=O)N1CCCCC1CN. The standard InChI is InChI=1S/C13H18N4O3/c1-9-12(6-11(8-15-9)17(19)20)13(18)16-5-3-2-4-10(16)7-14/h6,8,10H,2-5,7,14H2,1H3. The molecule has 2 rings (SSSR count). The normalized spacial score (nSPS) is 18.9. The summed E-state index contributed by atoms with van der Waals surface area (Å²) >= 11 is 0. The first-order valence-corrected chi connectivity index (χ1v) is 6.66. The summed E-state index contributed by atoms with van der Waals surface area (Å²) in [5.74, 6) is -0.214. The molecule has 1 unspecified atom stereocenters. The molecule has 1 amide bonds. The van der Waals surface area contributed by atoms with E-state index in [2.05, 4.69) is 4.98 Å². The maximum Gasteiger partial charge on any atom is 0.288 e. The molecule has 1 saturated heterocycles. The van der Waals surface area contributed by atoms with Crippen LogP contribution in [0.3, 0.4) is 0 Å². The lowest BCUT2D eigenvalue weighted by molar-refractivity contribution is -0.385. The lowest BCUT2D eigenvalue weighted by atomic mass is 10.0. The van der Waals surface area contributed by atoms with E-state index in [1.807, 2.05) is 0 Å². The second-order valence-electron chi connectivity index (χ2n) is 4.97. The molecule has 7 nitrogen and oxygen atoms in total. The van der Waals surface area contributed by atoms with E-state index in [0.717, 1.165) is 19.3 Å². The fourth-order valence-corrected chi connectivity index (χ4v) is 2.51. The molecule has 2 heterocycles. The van der Waals surface area contributed by atoms with Crippen LogP contribution < -0.4 is 5.73 Å². The number of hydrogen-bond donors (Lipinski definition) is 1. The van der Waals surface area contributed by atoms with Crippen LogP contribution in [0.1, 0.15) is 35.3 Å². The van der Waals surface area contributed by atoms with E-state index >= 15 is 0 Å². The van der Waals surface area contributed by atoms with Crippen molar-refractivity contribution in [3.8, 4) is 0 Å². The zero-order valence-corrected chi connectivity index (χ0v) is 11.4. The minimum Gasteiger partial charge on any atom is -0.334 e. The number of aryl methyl sites for hydroxylation is 1. The average Bonchev–Trinajstić information content (AvgIpc) is 2.46. The average molecular weight is 278 g/mol. The molecule has 1 aromatic heterocycles. The Hall–Kier alpha value is -2.02. The van der Waals surface area contributed by atoms with Gasteiger partial charge in [-0.2, -0.15) is 0 Å². The van der Waals surface area contributed by atoms with Gasteiger partial charge in [-0.05, 0) is 26.2 Å². The molecule has 20 heavy (non-hydrogen) atoms. The molecule has 1 aliphatic rings. The van der Waals surface area contributed by atoms with E-state index in [9.17, 15) is 14.9 Å². The zero-order chi connectivity index (χ0) is 14.7. The third kappa shape index (κ3) is 2.77. The van der Waals surface area contributed by atoms with Gasteiger partial charge in [-0.25, -0.2) is 0 Å². The van der Waals surface area contributed by atoms with Crippen molar-refractivity contribution in [3.05, 3.63) is 33.6 Å². The summed E-state index contributed by atoms with van der Waals surface area (Å²) in [6, 6.07) is 1.31. The summed E-state index contributed by atoms with van der Waals surface area (Å²) in [4.78, 5) is 28.5. The van der Waals surface area contributed by atoms with Crippen molar-refractivity contribution in [3.63, 3.8) is 0 Å². The number of nitrogens with zero attached hydrogens (tertiary/aromatic N) is 3. The Morgan fingerprint density at radius 2 is 2.35 bits per heavy atom. The molecule has 1 aromatic rings. The first-order chi connectivity index (χ1) is 9.54. The van der Waals surface area contributed by atoms with Crippen LogP contribution in [-0.4, -0.2) is 39.8 Å². The van der Waals surface area contributed by atoms with Crippen LogP contribution in [0.15, 0.2) is 12.3 Å². The second-order valence-corrected chi connectivity index (χ2v) is 4.97. The molecule has 1 aliphatic heterocycles. The zero-order valence-electron chi connectivity index (χ0n) is 11.4. The summed E-state index contributed by atoms with van der Waals surface area (Å²) in [6.45, 7) is 2.73. The van der Waals surface area contributed by atoms with Crippen molar-refractivity contribution in [2.24, 2.45) is 5.73 Å². The number of likely N-dealkylation sites (tertiary alicyclic amines) is 1. The molecule has 2 N–H and O–H groups in total. The van der Waals surface area contributed by atoms with Gasteiger partial charge in [0.05, 0.1) is 16.2 Å². The van der Waals surface area contributed by atoms with Gasteiger partial charge in [-0.1, -0.05) is 0 Å². The van der Waals surface area contributed by atoms with Crippen molar-refractivity contribution in [1.82, 2.24) is 9.88 Å². The van der Waals surface area contributed by atoms with E-state index in [4.69, 9.17) is 5.73 Å². The van der Waals surface area contributed by atoms with Crippen LogP contribution in [0.25, 0.3) is 0 Å². The molecule has 1 fully saturated rings. The van der Waals surface area contributed by atoms with E-state index in [1.165, 1.54) is 12.3 Å². The topological polar surface area (TPSA) is 102 Å². The molecular weight excluding hydrogens is 260 g/mol. The van der Waals surface area contributed by atoms with Gasteiger partial charge in [0, 0.05) is 25.2 Å². The minimum absolute atomic E-state index is 0.00918. The Balaban J connectivity index is 2.32. The number of rotatable bonds is 3. The van der Waals surface area contributed by atoms with Gasteiger partial charge >= 0.3 is 0 Å². The van der Waals surface area contributed by atoms with Crippen LogP contribution in [-0.2, 0) is 0 Å². The molecule has 0 aromatic carbocycles. The number of carbonyl (C=O) groups is 1. The third-order valence-corrected chi connectivity index (χ3v) is 3.67. The highest BCUT2D eigenvalue weighted by Crippen LogP contribution is 2.22. The Labute approximate surface area is 116 Å². The number of aromatic nitrogens is 1. The van der Waals surface area contributed by atoms with Gasteiger partial charge in [0.25, 0.3) is 11.6 Å². The number of piperidine rings is 1. The minimum atomic E-state index is -0.542. The first kappa shape index (κ1) is 14.4. The highest BCUT2D eigenvalue weighted by atomic mass is 16.6. The summed E-state index contributed by atoms with van der Waals surface area (Å²) in [6.07, 6.45) is 4.04. The molecule has 1 atom stereocenters. The third-order valence-electron chi connectivity index (χ3n) is 3.67. The highest BCUT2D eigenvalue weighted by molar-refractivity contribution is 5.96. The van der Waals surface area contributed by atoms with Crippen LogP contribution in [0.4, 0.5) is 5.69 Å². The Kier molecular flexibility index (Phi) is 4.29. The van der Waals surface area contributed by atoms with Crippen LogP contribution in [0, 0.1) is 17.0 Å². The fourth-order valence-electron chi connectivity index (χ4n) is 2.51. The largest absolute Gasteiger partial charge is 0.334 e. The van der Waals surface area contributed by atoms with E-state index in [-0.39, 0.29) is 17.6 Å². The molecule has 7 heteroatoms. The number of pyridine rings is 1. The number of nitrogens with two attached hydrogens (primary N) is 1. The summed E-state index contributed by atoms with van der Waals surface area (Å²) in [5.41, 5.74) is 6.33. The number of amides is 1. The van der Waals surface area contributed by atoms with Crippen molar-refractivity contribution < 1.29 is 9.72 Å². The molecule has 0 spiro atoms. The summed E-state index contributed by atoms with van der Waals surface area (Å²) in [5, 5.41) is 10.8. The lowest BCUT2D eigenvalue weighted by Gasteiger charge is -2.35. The summed E-state index contributed by atoms with van der Waals surface area (Å²) in [7, 11) is 0. The smallest absolute Gasteiger partial charge is 0.288 e. The summed E-state index contributed by atoms with van der Waals surface area (Å²) < 4.78 is 0. The highest BCUT2D eigenvalue weighted by Gasteiger charge is 2.28. The number of nitro groups is 1. The predicted molar refractivity (Wildman–Crippen MR) is 73.4 cm³/mol. The molecule has 108 valence electrons. The van der Waals surface area contributed by atoms with Gasteiger partial charge < -0.3 is 10.6 Å². The quantitative estimate of drug-likeness (QED) is 0.662. The van der Waals surface area contributed by atoms with Crippen LogP contribution in [0.5, 0.6) is 0 Å². The maximum absolute atomic E-state index is 12.6. The van der Waals surface area contributed by atoms with Crippen LogP contribution >= 0.6 is 0 Å². The van der Waals surface area contributed by atoms with Gasteiger partial charge in [0.1, 0.15) is 6.20 Å². The van der Waals surface area contributed by atoms with E-state index in [0.29, 0.717) is 24.3 Å². The monoisotopic (exact) mass is 278 g/mol. The Morgan fingerprint density at radius 3 is 3.00 bits per heavy atom. The van der Waals surface area contributed by atoms with E-state index in [1.54, 1.807) is 11.8 Å². The van der Waals surface area contributed by atoms with Crippen molar-refractivity contribution >= 4 is 11.6 Å². The fraction of sp³-hybridized carbons (Fsp3) is 0.538. The molecular formula is C13H18N4O3. The number of hydrogen-bond acceptors (Lipinski definition) is 5. The lowest BCUT2D eigenvalue weighted by Crippen LogP contribution is -2.47. The number of carbonyl (C=O) groups excluding carboxylic acids is 1. The molecule has 0 radical (unpaired) electrons. The van der Waals surface area contributed by atoms with Crippen molar-refractivity contribution in [2.75, 3.05) is 13.1 Å². The molecule has 0 aliphatic carbocycles.